The third-order valence-corrected chi connectivity index (χ3v) is 5.57. The Labute approximate surface area is 188 Å². The van der Waals surface area contributed by atoms with Gasteiger partial charge in [-0.1, -0.05) is 24.1 Å². The summed E-state index contributed by atoms with van der Waals surface area (Å²) < 4.78 is 11.6. The monoisotopic (exact) mass is 433 g/mol. The second-order valence-electron chi connectivity index (χ2n) is 8.16. The number of benzene rings is 1. The fourth-order valence-corrected chi connectivity index (χ4v) is 3.87. The number of carboxylic acids is 1. The highest BCUT2D eigenvalue weighted by Crippen LogP contribution is 2.39. The first-order valence-electron chi connectivity index (χ1n) is 10.3. The van der Waals surface area contributed by atoms with Crippen molar-refractivity contribution in [3.63, 3.8) is 0 Å². The molecule has 1 aromatic rings. The largest absolute Gasteiger partial charge is 0.481 e. The molecule has 1 N–H and O–H groups in total. The van der Waals surface area contributed by atoms with E-state index in [1.165, 1.54) is 0 Å². The van der Waals surface area contributed by atoms with Crippen LogP contribution in [-0.2, 0) is 14.3 Å². The number of allylic oxidation sites excluding steroid dienone is 3. The van der Waals surface area contributed by atoms with Crippen LogP contribution in [0.15, 0.2) is 72.5 Å². The van der Waals surface area contributed by atoms with E-state index >= 15 is 0 Å². The standard InChI is InChI=1S/C26H27NO5/c1-5-6-20(17-23(29)30)19-8-10-21(11-9-19)32-25(27-13-15-31-16-14-27)24-18(2)7-12-22(28)26(24,3)4/h7-16,20,25H,17H2,1-4H3,(H,29,30). The minimum Gasteiger partial charge on any atom is -0.481 e. The topological polar surface area (TPSA) is 76.1 Å². The highest BCUT2D eigenvalue weighted by molar-refractivity contribution is 5.98. The number of aliphatic carboxylic acids is 1. The third kappa shape index (κ3) is 4.94. The van der Waals surface area contributed by atoms with E-state index < -0.39 is 23.5 Å². The van der Waals surface area contributed by atoms with Gasteiger partial charge < -0.3 is 19.5 Å². The first kappa shape index (κ1) is 23.0. The molecule has 0 radical (unpaired) electrons. The zero-order valence-electron chi connectivity index (χ0n) is 18.7. The highest BCUT2D eigenvalue weighted by Gasteiger charge is 2.41. The number of carbonyl (C=O) groups is 2. The Morgan fingerprint density at radius 3 is 2.44 bits per heavy atom. The summed E-state index contributed by atoms with van der Waals surface area (Å²) in [5.74, 6) is 5.06. The molecule has 0 spiro atoms. The normalized spacial score (nSPS) is 18.5. The fraction of sp³-hybridized carbons (Fsp3) is 0.308. The molecule has 3 rings (SSSR count). The first-order valence-corrected chi connectivity index (χ1v) is 10.3. The zero-order valence-corrected chi connectivity index (χ0v) is 18.7. The van der Waals surface area contributed by atoms with Gasteiger partial charge >= 0.3 is 5.97 Å². The lowest BCUT2D eigenvalue weighted by Crippen LogP contribution is -2.43. The van der Waals surface area contributed by atoms with Crippen molar-refractivity contribution in [2.75, 3.05) is 0 Å². The average Bonchev–Trinajstić information content (AvgIpc) is 2.76. The maximum atomic E-state index is 12.7. The maximum absolute atomic E-state index is 12.7. The van der Waals surface area contributed by atoms with E-state index in [9.17, 15) is 14.7 Å². The smallest absolute Gasteiger partial charge is 0.304 e. The Bertz CT molecular complexity index is 1050. The summed E-state index contributed by atoms with van der Waals surface area (Å²) in [7, 11) is 0. The van der Waals surface area contributed by atoms with Crippen LogP contribution in [0, 0.1) is 17.3 Å². The van der Waals surface area contributed by atoms with Crippen LogP contribution < -0.4 is 4.74 Å². The molecule has 0 amide bonds. The van der Waals surface area contributed by atoms with E-state index in [2.05, 4.69) is 11.8 Å². The number of carbonyl (C=O) groups excluding carboxylic acids is 1. The van der Waals surface area contributed by atoms with Crippen LogP contribution >= 0.6 is 0 Å². The van der Waals surface area contributed by atoms with Crippen molar-refractivity contribution in [3.05, 3.63) is 78.1 Å². The Hall–Kier alpha value is -3.72. The molecule has 0 saturated carbocycles. The van der Waals surface area contributed by atoms with Crippen molar-refractivity contribution in [3.8, 4) is 17.6 Å². The van der Waals surface area contributed by atoms with Gasteiger partial charge in [0.1, 0.15) is 18.3 Å². The lowest BCUT2D eigenvalue weighted by atomic mass is 9.73. The summed E-state index contributed by atoms with van der Waals surface area (Å²) in [6.45, 7) is 7.45. The summed E-state index contributed by atoms with van der Waals surface area (Å²) in [6.07, 6.45) is 9.36. The average molecular weight is 434 g/mol. The lowest BCUT2D eigenvalue weighted by molar-refractivity contribution is -0.137. The van der Waals surface area contributed by atoms with Gasteiger partial charge in [0.2, 0.25) is 0 Å². The molecule has 0 aromatic heterocycles. The molecule has 6 heteroatoms. The van der Waals surface area contributed by atoms with Gasteiger partial charge in [-0.3, -0.25) is 9.59 Å². The van der Waals surface area contributed by atoms with Crippen LogP contribution in [0.2, 0.25) is 0 Å². The molecular weight excluding hydrogens is 406 g/mol. The molecule has 1 aliphatic carbocycles. The van der Waals surface area contributed by atoms with Crippen LogP contribution in [0.5, 0.6) is 5.75 Å². The van der Waals surface area contributed by atoms with Gasteiger partial charge in [-0.2, -0.15) is 0 Å². The molecule has 2 aliphatic rings. The van der Waals surface area contributed by atoms with Crippen molar-refractivity contribution in [2.24, 2.45) is 5.41 Å². The van der Waals surface area contributed by atoms with Gasteiger partial charge in [-0.15, -0.1) is 5.92 Å². The van der Waals surface area contributed by atoms with Gasteiger partial charge in [-0.25, -0.2) is 0 Å². The SMILES string of the molecule is CC#CC(CC(=O)O)c1ccc(OC(C2=C(C)C=CC(=O)C2(C)C)N2C=COC=C2)cc1. The molecular formula is C26H27NO5. The van der Waals surface area contributed by atoms with Gasteiger partial charge in [-0.05, 0) is 57.0 Å². The number of nitrogens with zero attached hydrogens (tertiary/aromatic N) is 1. The molecule has 2 atom stereocenters. The molecule has 32 heavy (non-hydrogen) atoms. The molecule has 0 fully saturated rings. The first-order chi connectivity index (χ1) is 15.2. The highest BCUT2D eigenvalue weighted by atomic mass is 16.5. The summed E-state index contributed by atoms with van der Waals surface area (Å²) in [5, 5.41) is 9.17. The summed E-state index contributed by atoms with van der Waals surface area (Å²) >= 11 is 0. The number of ketones is 1. The van der Waals surface area contributed by atoms with Gasteiger partial charge in [0, 0.05) is 18.0 Å². The van der Waals surface area contributed by atoms with Crippen molar-refractivity contribution in [1.82, 2.24) is 4.90 Å². The minimum atomic E-state index is -0.899. The van der Waals surface area contributed by atoms with E-state index in [-0.39, 0.29) is 12.2 Å². The Morgan fingerprint density at radius 1 is 1.19 bits per heavy atom. The van der Waals surface area contributed by atoms with Crippen LogP contribution in [-0.4, -0.2) is 28.0 Å². The van der Waals surface area contributed by atoms with E-state index in [0.29, 0.717) is 5.75 Å². The van der Waals surface area contributed by atoms with Crippen LogP contribution in [0.4, 0.5) is 0 Å². The van der Waals surface area contributed by atoms with E-state index in [1.807, 2.05) is 43.9 Å². The summed E-state index contributed by atoms with van der Waals surface area (Å²) in [5.41, 5.74) is 1.88. The lowest BCUT2D eigenvalue weighted by Gasteiger charge is -2.39. The fourth-order valence-electron chi connectivity index (χ4n) is 3.87. The molecule has 0 bridgehead atoms. The van der Waals surface area contributed by atoms with Crippen molar-refractivity contribution in [2.45, 2.75) is 46.3 Å². The second kappa shape index (κ2) is 9.61. The molecule has 0 saturated heterocycles. The number of hydrogen-bond acceptors (Lipinski definition) is 5. The third-order valence-electron chi connectivity index (χ3n) is 5.57. The predicted molar refractivity (Wildman–Crippen MR) is 121 cm³/mol. The molecule has 1 aromatic carbocycles. The van der Waals surface area contributed by atoms with Crippen molar-refractivity contribution in [1.29, 1.82) is 0 Å². The molecule has 6 nitrogen and oxygen atoms in total. The van der Waals surface area contributed by atoms with Crippen LogP contribution in [0.25, 0.3) is 0 Å². The van der Waals surface area contributed by atoms with E-state index in [1.54, 1.807) is 50.1 Å². The van der Waals surface area contributed by atoms with Gasteiger partial charge in [0.25, 0.3) is 0 Å². The predicted octanol–water partition coefficient (Wildman–Crippen LogP) is 4.73. The van der Waals surface area contributed by atoms with Crippen molar-refractivity contribution >= 4 is 11.8 Å². The number of rotatable bonds is 7. The van der Waals surface area contributed by atoms with E-state index in [0.717, 1.165) is 16.7 Å². The van der Waals surface area contributed by atoms with Crippen LogP contribution in [0.1, 0.15) is 45.6 Å². The summed E-state index contributed by atoms with van der Waals surface area (Å²) in [4.78, 5) is 25.7. The number of hydrogen-bond donors (Lipinski definition) is 1. The molecule has 2 unspecified atom stereocenters. The molecule has 166 valence electrons. The quantitative estimate of drug-likeness (QED) is 0.627. The van der Waals surface area contributed by atoms with Gasteiger partial charge in [0.15, 0.2) is 12.0 Å². The van der Waals surface area contributed by atoms with E-state index in [4.69, 9.17) is 9.47 Å². The summed E-state index contributed by atoms with van der Waals surface area (Å²) in [6, 6.07) is 7.25. The van der Waals surface area contributed by atoms with Gasteiger partial charge in [0.05, 0.1) is 17.8 Å². The zero-order chi connectivity index (χ0) is 23.3. The maximum Gasteiger partial charge on any atom is 0.304 e. The number of carboxylic acid groups (broad SMARTS) is 1. The molecule has 1 heterocycles. The Kier molecular flexibility index (Phi) is 6.89. The van der Waals surface area contributed by atoms with Crippen LogP contribution in [0.3, 0.4) is 0 Å². The second-order valence-corrected chi connectivity index (χ2v) is 8.16. The minimum absolute atomic E-state index is 0.0120. The Morgan fingerprint density at radius 2 is 1.84 bits per heavy atom. The Balaban J connectivity index is 1.95. The van der Waals surface area contributed by atoms with Crippen molar-refractivity contribution < 1.29 is 24.2 Å². The molecule has 1 aliphatic heterocycles. The number of ether oxygens (including phenoxy) is 2.